The molecule has 11 nitrogen and oxygen atoms in total. The van der Waals surface area contributed by atoms with Gasteiger partial charge in [0.05, 0.1) is 29.0 Å². The van der Waals surface area contributed by atoms with Crippen molar-refractivity contribution in [2.24, 2.45) is 0 Å². The van der Waals surface area contributed by atoms with Gasteiger partial charge in [0.1, 0.15) is 5.82 Å². The van der Waals surface area contributed by atoms with Gasteiger partial charge in [0.25, 0.3) is 15.6 Å². The summed E-state index contributed by atoms with van der Waals surface area (Å²) in [6.07, 6.45) is 2.83. The van der Waals surface area contributed by atoms with E-state index in [1.54, 1.807) is 53.1 Å². The Hall–Kier alpha value is -4.71. The van der Waals surface area contributed by atoms with Crippen LogP contribution in [-0.2, 0) is 27.7 Å². The van der Waals surface area contributed by atoms with Gasteiger partial charge in [-0.15, -0.1) is 0 Å². The molecule has 1 aromatic heterocycles. The van der Waals surface area contributed by atoms with Crippen molar-refractivity contribution in [3.05, 3.63) is 88.5 Å². The Labute approximate surface area is 269 Å². The zero-order valence-electron chi connectivity index (χ0n) is 26.6. The number of urea groups is 1. The van der Waals surface area contributed by atoms with Crippen LogP contribution in [0.2, 0.25) is 0 Å². The molecule has 0 aliphatic rings. The normalized spacial score (nSPS) is 11.4. The molecule has 4 aromatic rings. The van der Waals surface area contributed by atoms with Crippen LogP contribution in [0.15, 0.2) is 76.4 Å². The molecule has 3 N–H and O–H groups in total. The second kappa shape index (κ2) is 15.5. The number of unbranched alkanes of at least 4 members (excludes halogenated alkanes) is 2. The number of carbonyl (C=O) groups excluding carboxylic acids is 2. The number of benzene rings is 3. The summed E-state index contributed by atoms with van der Waals surface area (Å²) in [5, 5.41) is 5.93. The minimum atomic E-state index is -4.20. The Morgan fingerprint density at radius 1 is 0.957 bits per heavy atom. The highest BCUT2D eigenvalue weighted by Crippen LogP contribution is 2.28. The summed E-state index contributed by atoms with van der Waals surface area (Å²) < 4.78 is 34.8. The molecule has 244 valence electrons. The molecule has 4 rings (SSSR count). The summed E-state index contributed by atoms with van der Waals surface area (Å²) in [6.45, 7) is 8.11. The van der Waals surface area contributed by atoms with E-state index >= 15 is 0 Å². The number of sulfonamides is 1. The largest absolute Gasteiger partial charge is 0.449 e. The van der Waals surface area contributed by atoms with Crippen LogP contribution in [0, 0.1) is 0 Å². The molecule has 46 heavy (non-hydrogen) atoms. The van der Waals surface area contributed by atoms with Crippen molar-refractivity contribution in [3.8, 4) is 11.1 Å². The molecule has 0 aliphatic heterocycles. The van der Waals surface area contributed by atoms with Crippen molar-refractivity contribution in [3.63, 3.8) is 0 Å². The molecule has 0 spiro atoms. The van der Waals surface area contributed by atoms with E-state index in [0.29, 0.717) is 46.4 Å². The maximum absolute atomic E-state index is 13.8. The molecule has 0 bridgehead atoms. The Morgan fingerprint density at radius 2 is 1.67 bits per heavy atom. The van der Waals surface area contributed by atoms with Gasteiger partial charge in [-0.2, -0.15) is 0 Å². The molecule has 0 saturated carbocycles. The van der Waals surface area contributed by atoms with Crippen molar-refractivity contribution in [1.29, 1.82) is 0 Å². The number of rotatable bonds is 13. The average Bonchev–Trinajstić information content (AvgIpc) is 3.01. The van der Waals surface area contributed by atoms with Crippen molar-refractivity contribution in [2.45, 2.75) is 77.3 Å². The van der Waals surface area contributed by atoms with E-state index in [-0.39, 0.29) is 35.7 Å². The summed E-state index contributed by atoms with van der Waals surface area (Å²) in [7, 11) is -4.20. The van der Waals surface area contributed by atoms with Crippen LogP contribution in [0.1, 0.15) is 64.8 Å². The number of carbonyl (C=O) groups is 2. The fraction of sp³-hybridized carbons (Fsp3) is 0.353. The molecule has 0 saturated heterocycles. The highest BCUT2D eigenvalue weighted by Gasteiger charge is 2.22. The Bertz CT molecular complexity index is 1850. The summed E-state index contributed by atoms with van der Waals surface area (Å²) >= 11 is 0. The number of nitrogens with zero attached hydrogens (tertiary/aromatic N) is 2. The second-order valence-electron chi connectivity index (χ2n) is 11.3. The third kappa shape index (κ3) is 8.72. The Balaban J connectivity index is 1.63. The zero-order chi connectivity index (χ0) is 33.3. The number of fused-ring (bicyclic) bond motifs is 1. The van der Waals surface area contributed by atoms with Gasteiger partial charge < -0.3 is 15.4 Å². The van der Waals surface area contributed by atoms with Gasteiger partial charge in [-0.05, 0) is 62.1 Å². The molecule has 0 radical (unpaired) electrons. The van der Waals surface area contributed by atoms with Gasteiger partial charge in [0, 0.05) is 23.7 Å². The van der Waals surface area contributed by atoms with Gasteiger partial charge in [0.2, 0.25) is 0 Å². The Morgan fingerprint density at radius 3 is 2.37 bits per heavy atom. The molecule has 3 aromatic carbocycles. The first-order valence-corrected chi connectivity index (χ1v) is 17.0. The predicted octanol–water partition coefficient (Wildman–Crippen LogP) is 6.20. The predicted molar refractivity (Wildman–Crippen MR) is 179 cm³/mol. The van der Waals surface area contributed by atoms with Crippen molar-refractivity contribution in [2.75, 3.05) is 11.9 Å². The third-order valence-electron chi connectivity index (χ3n) is 7.20. The van der Waals surface area contributed by atoms with E-state index in [2.05, 4.69) is 17.6 Å². The van der Waals surface area contributed by atoms with E-state index in [1.807, 2.05) is 37.6 Å². The molecule has 0 atom stereocenters. The minimum absolute atomic E-state index is 0.0412. The number of anilines is 1. The maximum Gasteiger partial charge on any atom is 0.421 e. The Kier molecular flexibility index (Phi) is 11.5. The van der Waals surface area contributed by atoms with Crippen LogP contribution < -0.4 is 20.9 Å². The quantitative estimate of drug-likeness (QED) is 0.146. The molecule has 0 fully saturated rings. The van der Waals surface area contributed by atoms with Crippen LogP contribution in [0.3, 0.4) is 0 Å². The van der Waals surface area contributed by atoms with E-state index in [4.69, 9.17) is 9.72 Å². The average molecular weight is 648 g/mol. The summed E-state index contributed by atoms with van der Waals surface area (Å²) in [5.41, 5.74) is 2.67. The first kappa shape index (κ1) is 34.2. The van der Waals surface area contributed by atoms with Crippen LogP contribution in [0.5, 0.6) is 0 Å². The number of ether oxygens (including phenoxy) is 1. The van der Waals surface area contributed by atoms with E-state index in [1.165, 1.54) is 6.07 Å². The zero-order valence-corrected chi connectivity index (χ0v) is 27.4. The second-order valence-corrected chi connectivity index (χ2v) is 12.9. The van der Waals surface area contributed by atoms with Gasteiger partial charge in [0.15, 0.2) is 0 Å². The van der Waals surface area contributed by atoms with Gasteiger partial charge >= 0.3 is 12.1 Å². The lowest BCUT2D eigenvalue weighted by Crippen LogP contribution is -2.34. The number of hydrogen-bond donors (Lipinski definition) is 3. The van der Waals surface area contributed by atoms with Gasteiger partial charge in [-0.1, -0.05) is 69.2 Å². The van der Waals surface area contributed by atoms with Crippen molar-refractivity contribution < 1.29 is 22.7 Å². The highest BCUT2D eigenvalue weighted by atomic mass is 32.2. The molecule has 3 amide bonds. The van der Waals surface area contributed by atoms with E-state index in [0.717, 1.165) is 24.8 Å². The lowest BCUT2D eigenvalue weighted by Gasteiger charge is -2.15. The number of nitrogens with one attached hydrogen (secondary N) is 3. The summed E-state index contributed by atoms with van der Waals surface area (Å²) in [6, 6.07) is 18.3. The standard InChI is InChI=1S/C34H41N5O6S/c1-5-7-13-31-37-29-19-18-26(36-33(41)35-23(3)4)21-28(29)32(40)39(31)22-24-14-16-25(17-15-24)27-11-9-10-12-30(27)46(43,44)38-34(42)45-20-8-6-2/h9-12,14-19,21,23H,5-8,13,20,22H2,1-4H3,(H,38,42)(H2,35,36,41). The van der Waals surface area contributed by atoms with Gasteiger partial charge in [-0.25, -0.2) is 27.7 Å². The fourth-order valence-electron chi connectivity index (χ4n) is 4.88. The molecular weight excluding hydrogens is 606 g/mol. The molecule has 0 aliphatic carbocycles. The van der Waals surface area contributed by atoms with Crippen LogP contribution in [-0.4, -0.2) is 42.7 Å². The number of amides is 3. The number of aromatic nitrogens is 2. The summed E-state index contributed by atoms with van der Waals surface area (Å²) in [5.74, 6) is 0.662. The molecule has 12 heteroatoms. The maximum atomic E-state index is 13.8. The number of aryl methyl sites for hydroxylation is 1. The first-order valence-electron chi connectivity index (χ1n) is 15.5. The topological polar surface area (TPSA) is 148 Å². The third-order valence-corrected chi connectivity index (χ3v) is 8.57. The smallest absolute Gasteiger partial charge is 0.421 e. The molecule has 1 heterocycles. The molecule has 0 unspecified atom stereocenters. The highest BCUT2D eigenvalue weighted by molar-refractivity contribution is 7.90. The van der Waals surface area contributed by atoms with Crippen molar-refractivity contribution >= 4 is 38.7 Å². The fourth-order valence-corrected chi connectivity index (χ4v) is 6.00. The van der Waals surface area contributed by atoms with E-state index < -0.39 is 16.1 Å². The minimum Gasteiger partial charge on any atom is -0.449 e. The molecular formula is C34H41N5O6S. The van der Waals surface area contributed by atoms with Gasteiger partial charge in [-0.3, -0.25) is 9.36 Å². The lowest BCUT2D eigenvalue weighted by molar-refractivity contribution is 0.151. The van der Waals surface area contributed by atoms with Crippen molar-refractivity contribution in [1.82, 2.24) is 19.6 Å². The van der Waals surface area contributed by atoms with Crippen LogP contribution in [0.25, 0.3) is 22.0 Å². The first-order chi connectivity index (χ1) is 22.0. The SMILES string of the molecule is CCCCOC(=O)NS(=O)(=O)c1ccccc1-c1ccc(Cn2c(CCCC)nc3ccc(NC(=O)NC(C)C)cc3c2=O)cc1. The summed E-state index contributed by atoms with van der Waals surface area (Å²) in [4.78, 5) is 42.9. The lowest BCUT2D eigenvalue weighted by atomic mass is 10.0. The number of hydrogen-bond acceptors (Lipinski definition) is 7. The van der Waals surface area contributed by atoms with Crippen LogP contribution >= 0.6 is 0 Å². The monoisotopic (exact) mass is 647 g/mol. The van der Waals surface area contributed by atoms with E-state index in [9.17, 15) is 22.8 Å². The van der Waals surface area contributed by atoms with Crippen LogP contribution in [0.4, 0.5) is 15.3 Å².